The molecule has 0 atom stereocenters. The molecule has 0 aromatic heterocycles. The molecule has 0 aromatic carbocycles. The van der Waals surface area contributed by atoms with Crippen molar-refractivity contribution in [3.63, 3.8) is 0 Å². The molecule has 12 heavy (non-hydrogen) atoms. The van der Waals surface area contributed by atoms with E-state index in [1.807, 2.05) is 0 Å². The first-order valence-electron chi connectivity index (χ1n) is 2.94. The van der Waals surface area contributed by atoms with Gasteiger partial charge in [-0.15, -0.1) is 0 Å². The molecule has 0 radical (unpaired) electrons. The van der Waals surface area contributed by atoms with E-state index in [1.165, 1.54) is 6.08 Å². The van der Waals surface area contributed by atoms with Crippen molar-refractivity contribution in [1.29, 1.82) is 0 Å². The topological polar surface area (TPSA) is 92.7 Å². The normalized spacial score (nSPS) is 10.8. The van der Waals surface area contributed by atoms with Crippen LogP contribution in [0.15, 0.2) is 12.7 Å². The minimum Gasteiger partial charge on any atom is -0.460 e. The average Bonchev–Trinajstić information content (AvgIpc) is 1.95. The monoisotopic (exact) mass is 195 g/mol. The van der Waals surface area contributed by atoms with Crippen LogP contribution in [-0.4, -0.2) is 32.1 Å². The minimum atomic E-state index is -4.32. The van der Waals surface area contributed by atoms with Crippen LogP contribution < -0.4 is 4.72 Å². The SMILES string of the molecule is C=CCOC(=O)CNS(=O)(=O)O. The van der Waals surface area contributed by atoms with E-state index in [0.29, 0.717) is 0 Å². The Morgan fingerprint density at radius 3 is 2.67 bits per heavy atom. The molecule has 0 fully saturated rings. The number of esters is 1. The lowest BCUT2D eigenvalue weighted by molar-refractivity contribution is -0.140. The first-order chi connectivity index (χ1) is 5.45. The number of nitrogens with one attached hydrogen (secondary N) is 1. The Labute approximate surface area is 70.1 Å². The van der Waals surface area contributed by atoms with Crippen molar-refractivity contribution in [1.82, 2.24) is 4.72 Å². The smallest absolute Gasteiger partial charge is 0.333 e. The van der Waals surface area contributed by atoms with Crippen molar-refractivity contribution >= 4 is 16.3 Å². The number of rotatable bonds is 5. The van der Waals surface area contributed by atoms with E-state index in [9.17, 15) is 13.2 Å². The van der Waals surface area contributed by atoms with Gasteiger partial charge in [0, 0.05) is 0 Å². The molecule has 6 nitrogen and oxygen atoms in total. The maximum Gasteiger partial charge on any atom is 0.333 e. The molecule has 0 heterocycles. The Hall–Kier alpha value is -0.920. The predicted molar refractivity (Wildman–Crippen MR) is 40.7 cm³/mol. The summed E-state index contributed by atoms with van der Waals surface area (Å²) in [5.74, 6) is -0.785. The third kappa shape index (κ3) is 7.19. The molecule has 0 saturated carbocycles. The number of ether oxygens (including phenoxy) is 1. The average molecular weight is 195 g/mol. The Kier molecular flexibility index (Phi) is 4.49. The van der Waals surface area contributed by atoms with Gasteiger partial charge in [0.25, 0.3) is 0 Å². The number of carbonyl (C=O) groups excluding carboxylic acids is 1. The molecular weight excluding hydrogens is 186 g/mol. The zero-order chi connectivity index (χ0) is 9.61. The molecule has 0 aliphatic heterocycles. The van der Waals surface area contributed by atoms with Gasteiger partial charge in [0.2, 0.25) is 0 Å². The molecule has 0 aromatic rings. The predicted octanol–water partition coefficient (Wildman–Crippen LogP) is -0.892. The van der Waals surface area contributed by atoms with Crippen LogP contribution in [0.25, 0.3) is 0 Å². The molecule has 70 valence electrons. The lowest BCUT2D eigenvalue weighted by Crippen LogP contribution is -2.30. The van der Waals surface area contributed by atoms with Gasteiger partial charge in [-0.25, -0.2) is 0 Å². The quantitative estimate of drug-likeness (QED) is 0.337. The minimum absolute atomic E-state index is 0.00594. The van der Waals surface area contributed by atoms with Gasteiger partial charge >= 0.3 is 16.3 Å². The van der Waals surface area contributed by atoms with Gasteiger partial charge in [0.15, 0.2) is 0 Å². The summed E-state index contributed by atoms with van der Waals surface area (Å²) >= 11 is 0. The van der Waals surface area contributed by atoms with E-state index in [1.54, 1.807) is 4.72 Å². The maximum absolute atomic E-state index is 10.5. The van der Waals surface area contributed by atoms with Crippen molar-refractivity contribution in [2.24, 2.45) is 0 Å². The standard InChI is InChI=1S/C5H9NO5S/c1-2-3-11-5(7)4-6-12(8,9)10/h2,6H,1,3-4H2,(H,8,9,10). The van der Waals surface area contributed by atoms with Gasteiger partial charge < -0.3 is 4.74 Å². The zero-order valence-electron chi connectivity index (χ0n) is 6.19. The van der Waals surface area contributed by atoms with Gasteiger partial charge in [-0.3, -0.25) is 9.35 Å². The van der Waals surface area contributed by atoms with Crippen LogP contribution in [0.5, 0.6) is 0 Å². The molecule has 0 spiro atoms. The van der Waals surface area contributed by atoms with Gasteiger partial charge in [-0.05, 0) is 0 Å². The van der Waals surface area contributed by atoms with Crippen molar-refractivity contribution in [3.05, 3.63) is 12.7 Å². The Morgan fingerprint density at radius 1 is 1.67 bits per heavy atom. The number of hydrogen-bond acceptors (Lipinski definition) is 4. The lowest BCUT2D eigenvalue weighted by atomic mass is 10.6. The molecule has 0 aliphatic rings. The third-order valence-corrected chi connectivity index (χ3v) is 1.27. The zero-order valence-corrected chi connectivity index (χ0v) is 7.00. The fourth-order valence-electron chi connectivity index (χ4n) is 0.353. The molecule has 0 amide bonds. The summed E-state index contributed by atoms with van der Waals surface area (Å²) in [5.41, 5.74) is 0. The van der Waals surface area contributed by atoms with Crippen molar-refractivity contribution in [2.45, 2.75) is 0 Å². The molecule has 0 unspecified atom stereocenters. The molecule has 0 rings (SSSR count). The van der Waals surface area contributed by atoms with Crippen molar-refractivity contribution in [2.75, 3.05) is 13.2 Å². The summed E-state index contributed by atoms with van der Waals surface area (Å²) in [6, 6.07) is 0. The van der Waals surface area contributed by atoms with Crippen molar-refractivity contribution in [3.8, 4) is 0 Å². The second-order valence-corrected chi connectivity index (χ2v) is 3.01. The van der Waals surface area contributed by atoms with Crippen LogP contribution in [0.4, 0.5) is 0 Å². The largest absolute Gasteiger partial charge is 0.460 e. The Bertz CT molecular complexity index is 257. The highest BCUT2D eigenvalue weighted by Gasteiger charge is 2.07. The summed E-state index contributed by atoms with van der Waals surface area (Å²) in [6.07, 6.45) is 1.34. The molecule has 7 heteroatoms. The van der Waals surface area contributed by atoms with Crippen LogP contribution in [0, 0.1) is 0 Å². The molecule has 0 aliphatic carbocycles. The van der Waals surface area contributed by atoms with E-state index in [-0.39, 0.29) is 6.61 Å². The van der Waals surface area contributed by atoms with Gasteiger partial charge in [0.1, 0.15) is 13.2 Å². The number of carbonyl (C=O) groups is 1. The first kappa shape index (κ1) is 11.1. The highest BCUT2D eigenvalue weighted by molar-refractivity contribution is 7.83. The number of hydrogen-bond donors (Lipinski definition) is 2. The lowest BCUT2D eigenvalue weighted by Gasteiger charge is -2.00. The summed E-state index contributed by atoms with van der Waals surface area (Å²) in [6.45, 7) is 2.69. The highest BCUT2D eigenvalue weighted by Crippen LogP contribution is 1.79. The maximum atomic E-state index is 10.5. The van der Waals surface area contributed by atoms with E-state index < -0.39 is 22.8 Å². The fourth-order valence-corrected chi connectivity index (χ4v) is 0.653. The van der Waals surface area contributed by atoms with Gasteiger partial charge in [-0.1, -0.05) is 12.7 Å². The van der Waals surface area contributed by atoms with Crippen LogP contribution in [0.2, 0.25) is 0 Å². The molecule has 2 N–H and O–H groups in total. The third-order valence-electron chi connectivity index (χ3n) is 0.761. The summed E-state index contributed by atoms with van der Waals surface area (Å²) in [4.78, 5) is 10.5. The summed E-state index contributed by atoms with van der Waals surface area (Å²) in [5, 5.41) is 0. The molecule has 0 saturated heterocycles. The van der Waals surface area contributed by atoms with E-state index in [4.69, 9.17) is 4.55 Å². The van der Waals surface area contributed by atoms with E-state index in [2.05, 4.69) is 11.3 Å². The van der Waals surface area contributed by atoms with Crippen LogP contribution in [-0.2, 0) is 19.8 Å². The molecule has 0 bridgehead atoms. The van der Waals surface area contributed by atoms with Gasteiger partial charge in [0.05, 0.1) is 0 Å². The second-order valence-electron chi connectivity index (χ2n) is 1.77. The van der Waals surface area contributed by atoms with E-state index >= 15 is 0 Å². The van der Waals surface area contributed by atoms with Crippen LogP contribution in [0.3, 0.4) is 0 Å². The Balaban J connectivity index is 3.65. The summed E-state index contributed by atoms with van der Waals surface area (Å²) < 4.78 is 34.1. The van der Waals surface area contributed by atoms with Crippen molar-refractivity contribution < 1.29 is 22.5 Å². The highest BCUT2D eigenvalue weighted by atomic mass is 32.2. The van der Waals surface area contributed by atoms with Crippen LogP contribution in [0.1, 0.15) is 0 Å². The fraction of sp³-hybridized carbons (Fsp3) is 0.400. The molecular formula is C5H9NO5S. The van der Waals surface area contributed by atoms with Gasteiger partial charge in [-0.2, -0.15) is 13.1 Å². The first-order valence-corrected chi connectivity index (χ1v) is 4.38. The summed E-state index contributed by atoms with van der Waals surface area (Å²) in [7, 11) is -4.32. The Morgan fingerprint density at radius 2 is 2.25 bits per heavy atom. The van der Waals surface area contributed by atoms with Crippen LogP contribution >= 0.6 is 0 Å². The van der Waals surface area contributed by atoms with E-state index in [0.717, 1.165) is 0 Å². The second kappa shape index (κ2) is 4.86.